The van der Waals surface area contributed by atoms with E-state index in [0.717, 1.165) is 22.0 Å². The fourth-order valence-electron chi connectivity index (χ4n) is 1.61. The first kappa shape index (κ1) is 12.3. The van der Waals surface area contributed by atoms with E-state index in [4.69, 9.17) is 10.2 Å². The second-order valence-corrected chi connectivity index (χ2v) is 5.98. The fourth-order valence-corrected chi connectivity index (χ4v) is 3.04. The minimum absolute atomic E-state index is 0.697. The number of hydrogen-bond acceptors (Lipinski definition) is 5. The topological polar surface area (TPSA) is 52.0 Å². The van der Waals surface area contributed by atoms with Gasteiger partial charge in [0.2, 0.25) is 5.89 Å². The van der Waals surface area contributed by atoms with Crippen LogP contribution in [0.4, 0.5) is 5.69 Å². The van der Waals surface area contributed by atoms with Crippen molar-refractivity contribution in [1.82, 2.24) is 4.98 Å². The van der Waals surface area contributed by atoms with Gasteiger partial charge in [-0.1, -0.05) is 6.07 Å². The van der Waals surface area contributed by atoms with Crippen molar-refractivity contribution in [2.45, 2.75) is 10.6 Å². The average Bonchev–Trinajstić information content (AvgIpc) is 3.09. The number of oxazole rings is 1. The van der Waals surface area contributed by atoms with Crippen LogP contribution in [0, 0.1) is 0 Å². The van der Waals surface area contributed by atoms with Gasteiger partial charge in [0.25, 0.3) is 0 Å². The summed E-state index contributed by atoms with van der Waals surface area (Å²) in [6.07, 6.45) is 1.72. The third kappa shape index (κ3) is 3.00. The van der Waals surface area contributed by atoms with E-state index in [1.807, 2.05) is 41.8 Å². The summed E-state index contributed by atoms with van der Waals surface area (Å²) < 4.78 is 5.48. The lowest BCUT2D eigenvalue weighted by atomic mass is 10.3. The van der Waals surface area contributed by atoms with Crippen LogP contribution in [-0.4, -0.2) is 4.98 Å². The highest BCUT2D eigenvalue weighted by Gasteiger charge is 2.07. The summed E-state index contributed by atoms with van der Waals surface area (Å²) in [4.78, 5) is 6.72. The van der Waals surface area contributed by atoms with Crippen molar-refractivity contribution >= 4 is 28.8 Å². The highest BCUT2D eigenvalue weighted by molar-refractivity contribution is 7.98. The van der Waals surface area contributed by atoms with E-state index in [1.54, 1.807) is 29.4 Å². The first-order valence-corrected chi connectivity index (χ1v) is 7.64. The van der Waals surface area contributed by atoms with E-state index in [0.29, 0.717) is 5.89 Å². The minimum atomic E-state index is 0.697. The lowest BCUT2D eigenvalue weighted by Crippen LogP contribution is -1.84. The molecule has 19 heavy (non-hydrogen) atoms. The molecule has 2 N–H and O–H groups in total. The minimum Gasteiger partial charge on any atom is -0.444 e. The molecule has 3 aromatic rings. The summed E-state index contributed by atoms with van der Waals surface area (Å²) in [5.41, 5.74) is 7.39. The van der Waals surface area contributed by atoms with Crippen LogP contribution < -0.4 is 5.73 Å². The fraction of sp³-hybridized carbons (Fsp3) is 0.0714. The van der Waals surface area contributed by atoms with Gasteiger partial charge in [0.15, 0.2) is 0 Å². The van der Waals surface area contributed by atoms with Crippen molar-refractivity contribution in [2.75, 3.05) is 5.73 Å². The van der Waals surface area contributed by atoms with Gasteiger partial charge < -0.3 is 10.2 Å². The molecule has 0 fully saturated rings. The Morgan fingerprint density at radius 2 is 2.05 bits per heavy atom. The third-order valence-electron chi connectivity index (χ3n) is 2.55. The van der Waals surface area contributed by atoms with Crippen LogP contribution in [0.5, 0.6) is 0 Å². The molecule has 96 valence electrons. The molecular weight excluding hydrogens is 276 g/mol. The van der Waals surface area contributed by atoms with Crippen LogP contribution in [0.1, 0.15) is 5.69 Å². The predicted molar refractivity (Wildman–Crippen MR) is 80.2 cm³/mol. The predicted octanol–water partition coefficient (Wildman–Crippen LogP) is 4.28. The largest absolute Gasteiger partial charge is 0.444 e. The monoisotopic (exact) mass is 288 g/mol. The maximum atomic E-state index is 5.66. The van der Waals surface area contributed by atoms with E-state index in [9.17, 15) is 0 Å². The molecule has 2 aromatic heterocycles. The van der Waals surface area contributed by atoms with Gasteiger partial charge in [-0.15, -0.1) is 23.1 Å². The van der Waals surface area contributed by atoms with Crippen molar-refractivity contribution < 1.29 is 4.42 Å². The zero-order valence-electron chi connectivity index (χ0n) is 10.1. The maximum Gasteiger partial charge on any atom is 0.236 e. The van der Waals surface area contributed by atoms with Crippen LogP contribution in [0.2, 0.25) is 0 Å². The Labute approximate surface area is 119 Å². The molecule has 0 aliphatic heterocycles. The number of nitrogen functional groups attached to an aromatic ring is 1. The summed E-state index contributed by atoms with van der Waals surface area (Å²) in [7, 11) is 0. The number of aromatic nitrogens is 1. The number of thiophene rings is 1. The van der Waals surface area contributed by atoms with Crippen molar-refractivity contribution in [3.05, 3.63) is 53.7 Å². The van der Waals surface area contributed by atoms with Gasteiger partial charge in [-0.2, -0.15) is 0 Å². The summed E-state index contributed by atoms with van der Waals surface area (Å²) in [6, 6.07) is 11.8. The van der Waals surface area contributed by atoms with Crippen molar-refractivity contribution in [3.8, 4) is 10.8 Å². The summed E-state index contributed by atoms with van der Waals surface area (Å²) in [6.45, 7) is 0. The summed E-state index contributed by atoms with van der Waals surface area (Å²) >= 11 is 3.35. The van der Waals surface area contributed by atoms with Crippen molar-refractivity contribution in [1.29, 1.82) is 0 Å². The molecule has 3 rings (SSSR count). The van der Waals surface area contributed by atoms with Crippen LogP contribution in [0.25, 0.3) is 10.8 Å². The van der Waals surface area contributed by atoms with Gasteiger partial charge in [-0.25, -0.2) is 4.98 Å². The third-order valence-corrected chi connectivity index (χ3v) is 4.45. The number of rotatable bonds is 4. The van der Waals surface area contributed by atoms with E-state index >= 15 is 0 Å². The molecule has 0 saturated heterocycles. The second-order valence-electron chi connectivity index (χ2n) is 3.98. The van der Waals surface area contributed by atoms with Crippen LogP contribution in [0.3, 0.4) is 0 Å². The molecule has 1 aromatic carbocycles. The van der Waals surface area contributed by atoms with Crippen molar-refractivity contribution in [3.63, 3.8) is 0 Å². The zero-order chi connectivity index (χ0) is 13.1. The molecule has 0 atom stereocenters. The van der Waals surface area contributed by atoms with Crippen LogP contribution in [-0.2, 0) is 5.75 Å². The molecular formula is C14H12N2OS2. The summed E-state index contributed by atoms with van der Waals surface area (Å²) in [5.74, 6) is 1.49. The Morgan fingerprint density at radius 3 is 2.79 bits per heavy atom. The average molecular weight is 288 g/mol. The number of benzene rings is 1. The summed E-state index contributed by atoms with van der Waals surface area (Å²) in [5, 5.41) is 2.02. The molecule has 0 bridgehead atoms. The normalized spacial score (nSPS) is 10.7. The van der Waals surface area contributed by atoms with Gasteiger partial charge in [-0.3, -0.25) is 0 Å². The van der Waals surface area contributed by atoms with Gasteiger partial charge >= 0.3 is 0 Å². The van der Waals surface area contributed by atoms with Gasteiger partial charge in [0.05, 0.1) is 10.6 Å². The number of thioether (sulfide) groups is 1. The second kappa shape index (κ2) is 5.50. The SMILES string of the molecule is Nc1ccc(SCc2coc(-c3cccs3)n2)cc1. The van der Waals surface area contributed by atoms with E-state index in [-0.39, 0.29) is 0 Å². The van der Waals surface area contributed by atoms with Gasteiger partial charge in [0, 0.05) is 16.3 Å². The standard InChI is InChI=1S/C14H12N2OS2/c15-10-3-5-12(6-4-10)19-9-11-8-17-14(16-11)13-2-1-7-18-13/h1-8H,9,15H2. The molecule has 0 spiro atoms. The van der Waals surface area contributed by atoms with Crippen LogP contribution >= 0.6 is 23.1 Å². The molecule has 2 heterocycles. The molecule has 5 heteroatoms. The van der Waals surface area contributed by atoms with E-state index in [1.165, 1.54) is 4.90 Å². The Morgan fingerprint density at radius 1 is 1.21 bits per heavy atom. The van der Waals surface area contributed by atoms with Crippen LogP contribution in [0.15, 0.2) is 57.4 Å². The Bertz CT molecular complexity index is 644. The van der Waals surface area contributed by atoms with E-state index in [2.05, 4.69) is 4.98 Å². The first-order valence-electron chi connectivity index (χ1n) is 5.78. The Balaban J connectivity index is 1.66. The lowest BCUT2D eigenvalue weighted by Gasteiger charge is -1.99. The molecule has 0 amide bonds. The molecule has 0 unspecified atom stereocenters. The first-order chi connectivity index (χ1) is 9.31. The molecule has 0 aliphatic carbocycles. The number of anilines is 1. The number of nitrogens with two attached hydrogens (primary N) is 1. The van der Waals surface area contributed by atoms with Crippen molar-refractivity contribution in [2.24, 2.45) is 0 Å². The molecule has 0 aliphatic rings. The number of hydrogen-bond donors (Lipinski definition) is 1. The molecule has 0 radical (unpaired) electrons. The quantitative estimate of drug-likeness (QED) is 0.575. The highest BCUT2D eigenvalue weighted by atomic mass is 32.2. The Kier molecular flexibility index (Phi) is 3.57. The number of nitrogens with zero attached hydrogens (tertiary/aromatic N) is 1. The van der Waals surface area contributed by atoms with Gasteiger partial charge in [-0.05, 0) is 35.7 Å². The maximum absolute atomic E-state index is 5.66. The smallest absolute Gasteiger partial charge is 0.236 e. The molecule has 3 nitrogen and oxygen atoms in total. The molecule has 0 saturated carbocycles. The zero-order valence-corrected chi connectivity index (χ0v) is 11.7. The van der Waals surface area contributed by atoms with E-state index < -0.39 is 0 Å². The Hall–Kier alpha value is -1.72. The van der Waals surface area contributed by atoms with Gasteiger partial charge in [0.1, 0.15) is 6.26 Å². The lowest BCUT2D eigenvalue weighted by molar-refractivity contribution is 0.575. The highest BCUT2D eigenvalue weighted by Crippen LogP contribution is 2.27.